The van der Waals surface area contributed by atoms with Gasteiger partial charge in [-0.25, -0.2) is 8.78 Å². The standard InChI is InChI=1S/C33H40Cl2F2N2O3/c1-31(2,42)27(41)12-8-11-25(40)30-28(21-9-7-10-23(35)29(21)37)33(19-38,22-14-13-20(34)17-24(22)36)26(39-30)18-32(3)15-5-4-6-16-32/h7,9-10,13-14,17,26-28,30,39,41-42H,4-6,8,11-12,15-16,18H2,1-3H3/t26-,27-,28-,30-,33-/m0/s1. The molecule has 228 valence electrons. The number of aliphatic hydroxyl groups excluding tert-OH is 1. The fourth-order valence-electron chi connectivity index (χ4n) is 7.08. The lowest BCUT2D eigenvalue weighted by molar-refractivity contribution is -0.121. The monoisotopic (exact) mass is 620 g/mol. The number of ketones is 1. The van der Waals surface area contributed by atoms with E-state index in [1.54, 1.807) is 6.07 Å². The van der Waals surface area contributed by atoms with E-state index in [0.29, 0.717) is 6.42 Å². The number of carbonyl (C=O) groups is 1. The molecule has 0 amide bonds. The van der Waals surface area contributed by atoms with Gasteiger partial charge >= 0.3 is 0 Å². The van der Waals surface area contributed by atoms with Crippen molar-refractivity contribution in [3.63, 3.8) is 0 Å². The molecule has 0 aromatic heterocycles. The van der Waals surface area contributed by atoms with Crippen molar-refractivity contribution < 1.29 is 23.8 Å². The van der Waals surface area contributed by atoms with Crippen LogP contribution in [0.4, 0.5) is 8.78 Å². The van der Waals surface area contributed by atoms with E-state index in [4.69, 9.17) is 23.2 Å². The number of carbonyl (C=O) groups excluding carboxylic acids is 1. The third kappa shape index (κ3) is 6.54. The molecule has 0 unspecified atom stereocenters. The normalized spacial score (nSPS) is 26.5. The summed E-state index contributed by atoms with van der Waals surface area (Å²) in [7, 11) is 0. The van der Waals surface area contributed by atoms with E-state index < -0.39 is 46.8 Å². The van der Waals surface area contributed by atoms with Crippen LogP contribution in [0.25, 0.3) is 0 Å². The van der Waals surface area contributed by atoms with Crippen molar-refractivity contribution >= 4 is 29.0 Å². The number of hydrogen-bond acceptors (Lipinski definition) is 5. The van der Waals surface area contributed by atoms with Gasteiger partial charge in [0.15, 0.2) is 0 Å². The molecule has 2 aromatic rings. The maximum absolute atomic E-state index is 15.9. The smallest absolute Gasteiger partial charge is 0.150 e. The Labute approximate surface area is 257 Å². The molecule has 2 aromatic carbocycles. The fourth-order valence-corrected chi connectivity index (χ4v) is 7.42. The molecule has 0 radical (unpaired) electrons. The molecule has 0 spiro atoms. The van der Waals surface area contributed by atoms with Gasteiger partial charge in [0.05, 0.1) is 28.8 Å². The lowest BCUT2D eigenvalue weighted by Gasteiger charge is -2.41. The molecule has 5 atom stereocenters. The van der Waals surface area contributed by atoms with E-state index in [2.05, 4.69) is 18.3 Å². The average molecular weight is 622 g/mol. The number of rotatable bonds is 10. The predicted octanol–water partition coefficient (Wildman–Crippen LogP) is 7.39. The summed E-state index contributed by atoms with van der Waals surface area (Å²) in [6.07, 6.45) is 4.96. The molecule has 1 heterocycles. The van der Waals surface area contributed by atoms with Gasteiger partial charge < -0.3 is 15.5 Å². The summed E-state index contributed by atoms with van der Waals surface area (Å²) in [5, 5.41) is 34.9. The zero-order chi connectivity index (χ0) is 30.9. The number of nitrogens with one attached hydrogen (secondary N) is 1. The quantitative estimate of drug-likeness (QED) is 0.257. The van der Waals surface area contributed by atoms with E-state index in [-0.39, 0.29) is 51.6 Å². The number of benzene rings is 2. The largest absolute Gasteiger partial charge is 0.390 e. The van der Waals surface area contributed by atoms with Crippen LogP contribution >= 0.6 is 23.2 Å². The molecule has 4 rings (SSSR count). The summed E-state index contributed by atoms with van der Waals surface area (Å²) in [5.41, 5.74) is -3.02. The Kier molecular flexibility index (Phi) is 10.1. The molecule has 42 heavy (non-hydrogen) atoms. The van der Waals surface area contributed by atoms with Gasteiger partial charge in [-0.05, 0) is 75.1 Å². The highest BCUT2D eigenvalue weighted by molar-refractivity contribution is 6.31. The van der Waals surface area contributed by atoms with Gasteiger partial charge in [0.25, 0.3) is 0 Å². The minimum absolute atomic E-state index is 0.0120. The van der Waals surface area contributed by atoms with Gasteiger partial charge in [-0.1, -0.05) is 67.6 Å². The summed E-state index contributed by atoms with van der Waals surface area (Å²) in [6, 6.07) is 9.31. The van der Waals surface area contributed by atoms with Crippen molar-refractivity contribution in [1.29, 1.82) is 5.26 Å². The maximum atomic E-state index is 15.9. The van der Waals surface area contributed by atoms with Crippen LogP contribution in [0.5, 0.6) is 0 Å². The summed E-state index contributed by atoms with van der Waals surface area (Å²) in [4.78, 5) is 14.0. The van der Waals surface area contributed by atoms with Gasteiger partial charge in [-0.3, -0.25) is 4.79 Å². The first-order valence-electron chi connectivity index (χ1n) is 14.7. The summed E-state index contributed by atoms with van der Waals surface area (Å²) >= 11 is 12.3. The first kappa shape index (κ1) is 32.8. The predicted molar refractivity (Wildman–Crippen MR) is 161 cm³/mol. The molecule has 3 N–H and O–H groups in total. The van der Waals surface area contributed by atoms with E-state index in [1.807, 2.05) is 0 Å². The molecule has 1 saturated heterocycles. The molecule has 1 aliphatic carbocycles. The van der Waals surface area contributed by atoms with Crippen LogP contribution in [0.2, 0.25) is 10.0 Å². The van der Waals surface area contributed by atoms with Crippen LogP contribution in [0.3, 0.4) is 0 Å². The molecule has 9 heteroatoms. The van der Waals surface area contributed by atoms with Crippen LogP contribution in [0, 0.1) is 28.4 Å². The second-order valence-corrected chi connectivity index (χ2v) is 13.9. The Hall–Kier alpha value is -2.08. The Balaban J connectivity index is 1.85. The molecule has 1 aliphatic heterocycles. The minimum atomic E-state index is -1.66. The number of Topliss-reactive ketones (excluding diaryl/α,β-unsaturated/α-hetero) is 1. The minimum Gasteiger partial charge on any atom is -0.390 e. The number of halogens is 4. The zero-order valence-corrected chi connectivity index (χ0v) is 25.9. The number of nitriles is 1. The van der Waals surface area contributed by atoms with Gasteiger partial charge in [0.2, 0.25) is 0 Å². The fraction of sp³-hybridized carbons (Fsp3) is 0.576. The van der Waals surface area contributed by atoms with Crippen LogP contribution in [0.1, 0.15) is 95.6 Å². The average Bonchev–Trinajstić information content (AvgIpc) is 3.23. The van der Waals surface area contributed by atoms with E-state index in [1.165, 1.54) is 38.1 Å². The number of aliphatic hydroxyl groups is 2. The van der Waals surface area contributed by atoms with E-state index in [0.717, 1.165) is 38.2 Å². The molecular weight excluding hydrogens is 581 g/mol. The SMILES string of the molecule is CC1(C[C@@H]2N[C@@H](C(=O)CCC[C@H](O)C(C)(C)O)[C@H](c3cccc(Cl)c3F)[C@@]2(C#N)c2ccc(Cl)cc2F)CCCCC1. The van der Waals surface area contributed by atoms with Crippen molar-refractivity contribution in [3.8, 4) is 6.07 Å². The molecule has 1 saturated carbocycles. The molecule has 2 aliphatic rings. The van der Waals surface area contributed by atoms with E-state index >= 15 is 8.78 Å². The van der Waals surface area contributed by atoms with Crippen LogP contribution < -0.4 is 5.32 Å². The zero-order valence-electron chi connectivity index (χ0n) is 24.4. The first-order chi connectivity index (χ1) is 19.7. The molecular formula is C33H40Cl2F2N2O3. The molecule has 5 nitrogen and oxygen atoms in total. The first-order valence-corrected chi connectivity index (χ1v) is 15.5. The Bertz CT molecular complexity index is 1340. The molecule has 0 bridgehead atoms. The third-order valence-electron chi connectivity index (χ3n) is 9.45. The lowest BCUT2D eigenvalue weighted by atomic mass is 9.60. The Morgan fingerprint density at radius 1 is 1.19 bits per heavy atom. The maximum Gasteiger partial charge on any atom is 0.150 e. The highest BCUT2D eigenvalue weighted by Gasteiger charge is 2.61. The van der Waals surface area contributed by atoms with Crippen molar-refractivity contribution in [3.05, 3.63) is 69.2 Å². The highest BCUT2D eigenvalue weighted by atomic mass is 35.5. The van der Waals surface area contributed by atoms with Gasteiger partial charge in [-0.15, -0.1) is 0 Å². The third-order valence-corrected chi connectivity index (χ3v) is 9.98. The summed E-state index contributed by atoms with van der Waals surface area (Å²) < 4.78 is 31.7. The second kappa shape index (κ2) is 12.9. The van der Waals surface area contributed by atoms with Gasteiger partial charge in [0, 0.05) is 29.0 Å². The topological polar surface area (TPSA) is 93.3 Å². The van der Waals surface area contributed by atoms with Gasteiger partial charge in [-0.2, -0.15) is 5.26 Å². The van der Waals surface area contributed by atoms with Crippen LogP contribution in [0.15, 0.2) is 36.4 Å². The lowest BCUT2D eigenvalue weighted by Crippen LogP contribution is -2.46. The van der Waals surface area contributed by atoms with Crippen molar-refractivity contribution in [2.24, 2.45) is 5.41 Å². The summed E-state index contributed by atoms with van der Waals surface area (Å²) in [5.74, 6) is -2.83. The van der Waals surface area contributed by atoms with E-state index in [9.17, 15) is 20.3 Å². The molecule has 2 fully saturated rings. The van der Waals surface area contributed by atoms with Crippen molar-refractivity contribution in [1.82, 2.24) is 5.32 Å². The highest BCUT2D eigenvalue weighted by Crippen LogP contribution is 2.54. The second-order valence-electron chi connectivity index (χ2n) is 13.0. The van der Waals surface area contributed by atoms with Gasteiger partial charge in [0.1, 0.15) is 22.8 Å². The van der Waals surface area contributed by atoms with Crippen LogP contribution in [-0.4, -0.2) is 39.8 Å². The van der Waals surface area contributed by atoms with Crippen LogP contribution in [-0.2, 0) is 10.2 Å². The number of nitrogens with zero attached hydrogens (tertiary/aromatic N) is 1. The Morgan fingerprint density at radius 2 is 1.88 bits per heavy atom. The number of hydrogen-bond donors (Lipinski definition) is 3. The Morgan fingerprint density at radius 3 is 2.50 bits per heavy atom. The van der Waals surface area contributed by atoms with Crippen molar-refractivity contribution in [2.75, 3.05) is 0 Å². The summed E-state index contributed by atoms with van der Waals surface area (Å²) in [6.45, 7) is 5.15. The van der Waals surface area contributed by atoms with Crippen molar-refractivity contribution in [2.45, 2.75) is 114 Å².